The molecule has 2 aromatic carbocycles. The highest BCUT2D eigenvalue weighted by Crippen LogP contribution is 2.29. The molecule has 2 heterocycles. The standard InChI is InChI=1S/C19H15N3/c1-14-12-17-18(15-8-4-2-5-9-15)21-22(19(17)20-13-14)16-10-6-3-7-11-16/h2-13H,1H3. The molecule has 3 heteroatoms. The van der Waals surface area contributed by atoms with Crippen LogP contribution in [0.5, 0.6) is 0 Å². The molecule has 0 radical (unpaired) electrons. The van der Waals surface area contributed by atoms with E-state index in [0.29, 0.717) is 0 Å². The van der Waals surface area contributed by atoms with Crippen molar-refractivity contribution in [1.82, 2.24) is 14.8 Å². The second kappa shape index (κ2) is 5.11. The van der Waals surface area contributed by atoms with Crippen LogP contribution in [0, 0.1) is 6.92 Å². The first kappa shape index (κ1) is 12.8. The molecule has 0 aliphatic rings. The Morgan fingerprint density at radius 3 is 2.27 bits per heavy atom. The molecule has 0 bridgehead atoms. The fourth-order valence-corrected chi connectivity index (χ4v) is 2.66. The maximum Gasteiger partial charge on any atom is 0.163 e. The third-order valence-corrected chi connectivity index (χ3v) is 3.71. The molecule has 106 valence electrons. The fraction of sp³-hybridized carbons (Fsp3) is 0.0526. The molecule has 3 nitrogen and oxygen atoms in total. The Balaban J connectivity index is 2.04. The summed E-state index contributed by atoms with van der Waals surface area (Å²) in [4.78, 5) is 4.60. The lowest BCUT2D eigenvalue weighted by Crippen LogP contribution is -1.97. The minimum atomic E-state index is 0.885. The van der Waals surface area contributed by atoms with Gasteiger partial charge in [0, 0.05) is 17.1 Å². The SMILES string of the molecule is Cc1cnc2c(c1)c(-c1ccccc1)nn2-c1ccccc1. The van der Waals surface area contributed by atoms with Gasteiger partial charge in [0.15, 0.2) is 5.65 Å². The summed E-state index contributed by atoms with van der Waals surface area (Å²) in [5, 5.41) is 5.90. The Morgan fingerprint density at radius 2 is 1.55 bits per heavy atom. The summed E-state index contributed by atoms with van der Waals surface area (Å²) < 4.78 is 1.91. The van der Waals surface area contributed by atoms with Gasteiger partial charge < -0.3 is 0 Å². The number of benzene rings is 2. The third kappa shape index (κ3) is 2.07. The molecule has 0 spiro atoms. The number of hydrogen-bond acceptors (Lipinski definition) is 2. The number of aromatic nitrogens is 3. The molecule has 0 N–H and O–H groups in total. The van der Waals surface area contributed by atoms with Crippen LogP contribution in [0.2, 0.25) is 0 Å². The Hall–Kier alpha value is -2.94. The number of aryl methyl sites for hydroxylation is 1. The van der Waals surface area contributed by atoms with E-state index >= 15 is 0 Å². The number of pyridine rings is 1. The van der Waals surface area contributed by atoms with Crippen molar-refractivity contribution in [2.45, 2.75) is 6.92 Å². The first-order valence-corrected chi connectivity index (χ1v) is 7.29. The Labute approximate surface area is 128 Å². The molecular weight excluding hydrogens is 270 g/mol. The second-order valence-electron chi connectivity index (χ2n) is 5.35. The lowest BCUT2D eigenvalue weighted by atomic mass is 10.1. The largest absolute Gasteiger partial charge is 0.236 e. The number of para-hydroxylation sites is 1. The molecule has 22 heavy (non-hydrogen) atoms. The lowest BCUT2D eigenvalue weighted by molar-refractivity contribution is 0.900. The summed E-state index contributed by atoms with van der Waals surface area (Å²) in [7, 11) is 0. The van der Waals surface area contributed by atoms with Gasteiger partial charge in [0.05, 0.1) is 5.69 Å². The van der Waals surface area contributed by atoms with Gasteiger partial charge in [-0.15, -0.1) is 0 Å². The van der Waals surface area contributed by atoms with Gasteiger partial charge in [0.1, 0.15) is 5.69 Å². The number of hydrogen-bond donors (Lipinski definition) is 0. The van der Waals surface area contributed by atoms with Crippen LogP contribution in [0.3, 0.4) is 0 Å². The number of nitrogens with zero attached hydrogens (tertiary/aromatic N) is 3. The van der Waals surface area contributed by atoms with Crippen molar-refractivity contribution < 1.29 is 0 Å². The van der Waals surface area contributed by atoms with E-state index in [1.165, 1.54) is 0 Å². The molecule has 0 saturated heterocycles. The van der Waals surface area contributed by atoms with Gasteiger partial charge in [-0.05, 0) is 30.7 Å². The highest BCUT2D eigenvalue weighted by molar-refractivity contribution is 5.92. The molecule has 0 fully saturated rings. The predicted molar refractivity (Wildman–Crippen MR) is 89.0 cm³/mol. The van der Waals surface area contributed by atoms with Crippen LogP contribution in [0.4, 0.5) is 0 Å². The average Bonchev–Trinajstić information content (AvgIpc) is 2.95. The summed E-state index contributed by atoms with van der Waals surface area (Å²) in [6.45, 7) is 2.06. The van der Waals surface area contributed by atoms with E-state index in [9.17, 15) is 0 Å². The monoisotopic (exact) mass is 285 g/mol. The van der Waals surface area contributed by atoms with Gasteiger partial charge in [0.25, 0.3) is 0 Å². The minimum Gasteiger partial charge on any atom is -0.236 e. The van der Waals surface area contributed by atoms with E-state index in [4.69, 9.17) is 5.10 Å². The Kier molecular flexibility index (Phi) is 2.97. The average molecular weight is 285 g/mol. The summed E-state index contributed by atoms with van der Waals surface area (Å²) in [5.41, 5.74) is 5.12. The van der Waals surface area contributed by atoms with Crippen molar-refractivity contribution in [1.29, 1.82) is 0 Å². The molecule has 0 unspecified atom stereocenters. The Bertz CT molecular complexity index is 925. The lowest BCUT2D eigenvalue weighted by Gasteiger charge is -2.01. The topological polar surface area (TPSA) is 30.7 Å². The number of rotatable bonds is 2. The molecule has 0 aliphatic carbocycles. The van der Waals surface area contributed by atoms with Crippen LogP contribution in [0.25, 0.3) is 28.0 Å². The minimum absolute atomic E-state index is 0.885. The molecule has 4 rings (SSSR count). The van der Waals surface area contributed by atoms with Crippen molar-refractivity contribution in [3.05, 3.63) is 78.5 Å². The van der Waals surface area contributed by atoms with Crippen LogP contribution < -0.4 is 0 Å². The first-order chi connectivity index (χ1) is 10.8. The molecule has 0 aliphatic heterocycles. The second-order valence-corrected chi connectivity index (χ2v) is 5.35. The zero-order chi connectivity index (χ0) is 14.9. The fourth-order valence-electron chi connectivity index (χ4n) is 2.66. The maximum absolute atomic E-state index is 4.83. The van der Waals surface area contributed by atoms with Gasteiger partial charge in [-0.25, -0.2) is 9.67 Å². The molecule has 0 saturated carbocycles. The van der Waals surface area contributed by atoms with Crippen molar-refractivity contribution in [3.8, 4) is 16.9 Å². The van der Waals surface area contributed by atoms with Crippen molar-refractivity contribution in [2.75, 3.05) is 0 Å². The number of fused-ring (bicyclic) bond motifs is 1. The quantitative estimate of drug-likeness (QED) is 0.546. The maximum atomic E-state index is 4.83. The zero-order valence-electron chi connectivity index (χ0n) is 12.3. The first-order valence-electron chi connectivity index (χ1n) is 7.29. The van der Waals surface area contributed by atoms with Crippen LogP contribution >= 0.6 is 0 Å². The van der Waals surface area contributed by atoms with E-state index in [0.717, 1.165) is 33.5 Å². The zero-order valence-corrected chi connectivity index (χ0v) is 12.3. The van der Waals surface area contributed by atoms with Crippen LogP contribution in [0.1, 0.15) is 5.56 Å². The van der Waals surface area contributed by atoms with E-state index in [1.54, 1.807) is 0 Å². The van der Waals surface area contributed by atoms with Crippen molar-refractivity contribution >= 4 is 11.0 Å². The van der Waals surface area contributed by atoms with Gasteiger partial charge in [-0.1, -0.05) is 48.5 Å². The third-order valence-electron chi connectivity index (χ3n) is 3.71. The van der Waals surface area contributed by atoms with Crippen molar-refractivity contribution in [2.24, 2.45) is 0 Å². The van der Waals surface area contributed by atoms with Crippen LogP contribution in [-0.4, -0.2) is 14.8 Å². The smallest absolute Gasteiger partial charge is 0.163 e. The van der Waals surface area contributed by atoms with E-state index in [-0.39, 0.29) is 0 Å². The molecular formula is C19H15N3. The summed E-state index contributed by atoms with van der Waals surface area (Å²) in [6, 6.07) is 22.5. The molecule has 0 atom stereocenters. The molecule has 4 aromatic rings. The summed E-state index contributed by atoms with van der Waals surface area (Å²) >= 11 is 0. The highest BCUT2D eigenvalue weighted by atomic mass is 15.3. The molecule has 0 amide bonds. The van der Waals surface area contributed by atoms with E-state index in [2.05, 4.69) is 30.1 Å². The summed E-state index contributed by atoms with van der Waals surface area (Å²) in [5.74, 6) is 0. The highest BCUT2D eigenvalue weighted by Gasteiger charge is 2.14. The van der Waals surface area contributed by atoms with Gasteiger partial charge in [-0.2, -0.15) is 5.10 Å². The van der Waals surface area contributed by atoms with E-state index < -0.39 is 0 Å². The van der Waals surface area contributed by atoms with E-state index in [1.807, 2.05) is 59.4 Å². The Morgan fingerprint density at radius 1 is 0.864 bits per heavy atom. The van der Waals surface area contributed by atoms with Gasteiger partial charge in [-0.3, -0.25) is 0 Å². The van der Waals surface area contributed by atoms with Crippen molar-refractivity contribution in [3.63, 3.8) is 0 Å². The van der Waals surface area contributed by atoms with Gasteiger partial charge in [0.2, 0.25) is 0 Å². The predicted octanol–water partition coefficient (Wildman–Crippen LogP) is 4.40. The molecule has 2 aromatic heterocycles. The van der Waals surface area contributed by atoms with Gasteiger partial charge >= 0.3 is 0 Å². The van der Waals surface area contributed by atoms with Crippen LogP contribution in [-0.2, 0) is 0 Å². The summed E-state index contributed by atoms with van der Waals surface area (Å²) in [6.07, 6.45) is 1.89. The van der Waals surface area contributed by atoms with Crippen LogP contribution in [0.15, 0.2) is 72.9 Å². The normalized spacial score (nSPS) is 11.0.